The molecule has 0 aliphatic carbocycles. The number of rotatable bonds is 3. The summed E-state index contributed by atoms with van der Waals surface area (Å²) >= 11 is 0. The number of amides is 1. The highest BCUT2D eigenvalue weighted by molar-refractivity contribution is 6.05. The normalized spacial score (nSPS) is 11.3. The van der Waals surface area contributed by atoms with Crippen LogP contribution in [0, 0.1) is 11.6 Å². The van der Waals surface area contributed by atoms with Crippen molar-refractivity contribution < 1.29 is 18.8 Å². The van der Waals surface area contributed by atoms with Crippen molar-refractivity contribution in [3.63, 3.8) is 0 Å². The average Bonchev–Trinajstić information content (AvgIpc) is 2.49. The van der Waals surface area contributed by atoms with E-state index in [1.54, 1.807) is 31.2 Å². The summed E-state index contributed by atoms with van der Waals surface area (Å²) in [5.41, 5.74) is 1.47. The zero-order valence-corrected chi connectivity index (χ0v) is 11.1. The Hall–Kier alpha value is -2.76. The van der Waals surface area contributed by atoms with Gasteiger partial charge in [-0.05, 0) is 37.3 Å². The van der Waals surface area contributed by atoms with Gasteiger partial charge in [-0.3, -0.25) is 4.79 Å². The summed E-state index contributed by atoms with van der Waals surface area (Å²) in [6, 6.07) is 9.53. The molecule has 21 heavy (non-hydrogen) atoms. The number of carbonyl (C=O) groups is 1. The Balaban J connectivity index is 2.21. The number of carbonyl (C=O) groups excluding carboxylic acids is 1. The summed E-state index contributed by atoms with van der Waals surface area (Å²) in [4.78, 5) is 11.9. The first-order chi connectivity index (χ1) is 10.0. The molecule has 0 spiro atoms. The summed E-state index contributed by atoms with van der Waals surface area (Å²) < 4.78 is 25.9. The van der Waals surface area contributed by atoms with Crippen LogP contribution in [0.15, 0.2) is 47.6 Å². The minimum atomic E-state index is -1.08. The van der Waals surface area contributed by atoms with Crippen LogP contribution >= 0.6 is 0 Å². The molecule has 0 aliphatic rings. The first kappa shape index (κ1) is 14.6. The van der Waals surface area contributed by atoms with Crippen LogP contribution in [0.4, 0.5) is 14.5 Å². The molecule has 6 heteroatoms. The van der Waals surface area contributed by atoms with Crippen molar-refractivity contribution in [3.8, 4) is 0 Å². The predicted molar refractivity (Wildman–Crippen MR) is 74.8 cm³/mol. The highest BCUT2D eigenvalue weighted by Crippen LogP contribution is 2.14. The molecular weight excluding hydrogens is 278 g/mol. The van der Waals surface area contributed by atoms with Crippen molar-refractivity contribution in [2.24, 2.45) is 5.16 Å². The lowest BCUT2D eigenvalue weighted by Crippen LogP contribution is -2.12. The Morgan fingerprint density at radius 3 is 2.52 bits per heavy atom. The van der Waals surface area contributed by atoms with E-state index >= 15 is 0 Å². The quantitative estimate of drug-likeness (QED) is 0.517. The van der Waals surface area contributed by atoms with E-state index in [4.69, 9.17) is 5.21 Å². The lowest BCUT2D eigenvalue weighted by atomic mass is 10.1. The van der Waals surface area contributed by atoms with Crippen LogP contribution in [-0.4, -0.2) is 16.8 Å². The Bertz CT molecular complexity index is 715. The second-order valence-electron chi connectivity index (χ2n) is 4.35. The number of hydrogen-bond donors (Lipinski definition) is 2. The Morgan fingerprint density at radius 2 is 1.86 bits per heavy atom. The second kappa shape index (κ2) is 6.13. The first-order valence-corrected chi connectivity index (χ1v) is 6.07. The Kier molecular flexibility index (Phi) is 4.27. The van der Waals surface area contributed by atoms with Crippen LogP contribution in [0.5, 0.6) is 0 Å². The first-order valence-electron chi connectivity index (χ1n) is 6.07. The maximum atomic E-state index is 13.1. The third-order valence-corrected chi connectivity index (χ3v) is 2.87. The molecule has 2 aromatic carbocycles. The van der Waals surface area contributed by atoms with E-state index in [1.807, 2.05) is 0 Å². The summed E-state index contributed by atoms with van der Waals surface area (Å²) in [7, 11) is 0. The summed E-state index contributed by atoms with van der Waals surface area (Å²) in [6.07, 6.45) is 0. The summed E-state index contributed by atoms with van der Waals surface area (Å²) in [5, 5.41) is 14.3. The minimum Gasteiger partial charge on any atom is -0.411 e. The van der Waals surface area contributed by atoms with E-state index in [0.717, 1.165) is 12.1 Å². The smallest absolute Gasteiger partial charge is 0.255 e. The molecule has 2 rings (SSSR count). The molecule has 0 unspecified atom stereocenters. The van der Waals surface area contributed by atoms with Gasteiger partial charge in [-0.1, -0.05) is 17.3 Å². The molecule has 0 aliphatic heterocycles. The van der Waals surface area contributed by atoms with Crippen molar-refractivity contribution in [2.75, 3.05) is 5.32 Å². The topological polar surface area (TPSA) is 61.7 Å². The lowest BCUT2D eigenvalue weighted by molar-refractivity contribution is 0.102. The van der Waals surface area contributed by atoms with Gasteiger partial charge in [0.1, 0.15) is 0 Å². The standard InChI is InChI=1S/C15H12F2N2O2/c1-9(19-21)10-3-2-4-12(7-10)18-15(20)11-5-6-13(16)14(17)8-11/h2-8,21H,1H3,(H,18,20)/b19-9+. The number of nitrogens with one attached hydrogen (secondary N) is 1. The van der Waals surface area contributed by atoms with Crippen LogP contribution in [0.25, 0.3) is 0 Å². The number of halogens is 2. The largest absolute Gasteiger partial charge is 0.411 e. The Morgan fingerprint density at radius 1 is 1.10 bits per heavy atom. The number of benzene rings is 2. The molecule has 2 aromatic rings. The van der Waals surface area contributed by atoms with E-state index in [-0.39, 0.29) is 5.56 Å². The number of anilines is 1. The predicted octanol–water partition coefficient (Wildman–Crippen LogP) is 3.42. The van der Waals surface area contributed by atoms with Crippen molar-refractivity contribution in [3.05, 3.63) is 65.2 Å². The molecule has 0 heterocycles. The van der Waals surface area contributed by atoms with E-state index in [9.17, 15) is 13.6 Å². The van der Waals surface area contributed by atoms with Gasteiger partial charge in [-0.2, -0.15) is 0 Å². The molecule has 0 radical (unpaired) electrons. The number of nitrogens with zero attached hydrogens (tertiary/aromatic N) is 1. The van der Waals surface area contributed by atoms with E-state index in [0.29, 0.717) is 17.0 Å². The van der Waals surface area contributed by atoms with Gasteiger partial charge in [0.15, 0.2) is 11.6 Å². The average molecular weight is 290 g/mol. The molecular formula is C15H12F2N2O2. The maximum absolute atomic E-state index is 13.1. The highest BCUT2D eigenvalue weighted by Gasteiger charge is 2.10. The fourth-order valence-electron chi connectivity index (χ4n) is 1.72. The summed E-state index contributed by atoms with van der Waals surface area (Å²) in [6.45, 7) is 1.61. The molecule has 0 fully saturated rings. The monoisotopic (exact) mass is 290 g/mol. The van der Waals surface area contributed by atoms with Crippen LogP contribution in [0.1, 0.15) is 22.8 Å². The number of hydrogen-bond acceptors (Lipinski definition) is 3. The zero-order valence-electron chi connectivity index (χ0n) is 11.1. The van der Waals surface area contributed by atoms with Gasteiger partial charge >= 0.3 is 0 Å². The molecule has 108 valence electrons. The number of oxime groups is 1. The van der Waals surface area contributed by atoms with E-state index in [2.05, 4.69) is 10.5 Å². The molecule has 4 nitrogen and oxygen atoms in total. The zero-order chi connectivity index (χ0) is 15.4. The van der Waals surface area contributed by atoms with Crippen molar-refractivity contribution in [2.45, 2.75) is 6.92 Å². The van der Waals surface area contributed by atoms with Gasteiger partial charge in [0.25, 0.3) is 5.91 Å². The van der Waals surface area contributed by atoms with Gasteiger partial charge in [-0.25, -0.2) is 8.78 Å². The van der Waals surface area contributed by atoms with Gasteiger partial charge in [-0.15, -0.1) is 0 Å². The third-order valence-electron chi connectivity index (χ3n) is 2.87. The van der Waals surface area contributed by atoms with Gasteiger partial charge < -0.3 is 10.5 Å². The second-order valence-corrected chi connectivity index (χ2v) is 4.35. The maximum Gasteiger partial charge on any atom is 0.255 e. The SMILES string of the molecule is C/C(=N\O)c1cccc(NC(=O)c2ccc(F)c(F)c2)c1. The Labute approximate surface area is 119 Å². The highest BCUT2D eigenvalue weighted by atomic mass is 19.2. The molecule has 0 bridgehead atoms. The van der Waals surface area contributed by atoms with Crippen LogP contribution < -0.4 is 5.32 Å². The molecule has 0 saturated heterocycles. The lowest BCUT2D eigenvalue weighted by Gasteiger charge is -2.07. The van der Waals surface area contributed by atoms with Crippen molar-refractivity contribution >= 4 is 17.3 Å². The van der Waals surface area contributed by atoms with Crippen molar-refractivity contribution in [1.82, 2.24) is 0 Å². The molecule has 0 atom stereocenters. The van der Waals surface area contributed by atoms with E-state index < -0.39 is 17.5 Å². The van der Waals surface area contributed by atoms with Gasteiger partial charge in [0, 0.05) is 16.8 Å². The van der Waals surface area contributed by atoms with Crippen LogP contribution in [0.3, 0.4) is 0 Å². The fraction of sp³-hybridized carbons (Fsp3) is 0.0667. The summed E-state index contributed by atoms with van der Waals surface area (Å²) in [5.74, 6) is -2.66. The van der Waals surface area contributed by atoms with E-state index in [1.165, 1.54) is 6.07 Å². The minimum absolute atomic E-state index is 0.00634. The van der Waals surface area contributed by atoms with Crippen molar-refractivity contribution in [1.29, 1.82) is 0 Å². The van der Waals surface area contributed by atoms with Gasteiger partial charge in [0.05, 0.1) is 5.71 Å². The molecule has 1 amide bonds. The van der Waals surface area contributed by atoms with Gasteiger partial charge in [0.2, 0.25) is 0 Å². The van der Waals surface area contributed by atoms with Crippen LogP contribution in [0.2, 0.25) is 0 Å². The molecule has 2 N–H and O–H groups in total. The molecule has 0 aromatic heterocycles. The van der Waals surface area contributed by atoms with Crippen LogP contribution in [-0.2, 0) is 0 Å². The fourth-order valence-corrected chi connectivity index (χ4v) is 1.72. The molecule has 0 saturated carbocycles. The third kappa shape index (κ3) is 3.42.